The highest BCUT2D eigenvalue weighted by Gasteiger charge is 2.10. The van der Waals surface area contributed by atoms with Crippen LogP contribution in [-0.2, 0) is 9.53 Å². The molecule has 0 aromatic rings. The van der Waals surface area contributed by atoms with Crippen molar-refractivity contribution in [3.63, 3.8) is 0 Å². The van der Waals surface area contributed by atoms with Crippen LogP contribution in [-0.4, -0.2) is 18.5 Å². The molecule has 0 rings (SSSR count). The fourth-order valence-electron chi connectivity index (χ4n) is 0.837. The van der Waals surface area contributed by atoms with Crippen molar-refractivity contribution in [1.29, 1.82) is 0 Å². The summed E-state index contributed by atoms with van der Waals surface area (Å²) < 4.78 is 5.26. The summed E-state index contributed by atoms with van der Waals surface area (Å²) in [7, 11) is 0. The zero-order valence-electron chi connectivity index (χ0n) is 7.72. The molecule has 0 saturated heterocycles. The Labute approximate surface area is 68.9 Å². The SMILES string of the molecule is CCCOC(C)C(=O)CCC. The predicted octanol–water partition coefficient (Wildman–Crippen LogP) is 2.17. The van der Waals surface area contributed by atoms with Crippen molar-refractivity contribution in [2.45, 2.75) is 46.1 Å². The van der Waals surface area contributed by atoms with Gasteiger partial charge in [0.2, 0.25) is 0 Å². The van der Waals surface area contributed by atoms with Crippen molar-refractivity contribution in [2.24, 2.45) is 0 Å². The molecule has 0 aliphatic heterocycles. The highest BCUT2D eigenvalue weighted by molar-refractivity contribution is 5.82. The second-order valence-electron chi connectivity index (χ2n) is 2.73. The Kier molecular flexibility index (Phi) is 6.13. The first-order chi connectivity index (χ1) is 5.22. The number of hydrogen-bond acceptors (Lipinski definition) is 2. The molecule has 66 valence electrons. The van der Waals surface area contributed by atoms with Crippen molar-refractivity contribution in [1.82, 2.24) is 0 Å². The summed E-state index contributed by atoms with van der Waals surface area (Å²) in [6.45, 7) is 6.56. The van der Waals surface area contributed by atoms with Gasteiger partial charge in [-0.2, -0.15) is 0 Å². The summed E-state index contributed by atoms with van der Waals surface area (Å²) in [5.41, 5.74) is 0. The van der Waals surface area contributed by atoms with Gasteiger partial charge in [0.05, 0.1) is 0 Å². The van der Waals surface area contributed by atoms with Gasteiger partial charge in [-0.25, -0.2) is 0 Å². The van der Waals surface area contributed by atoms with Crippen LogP contribution >= 0.6 is 0 Å². The van der Waals surface area contributed by atoms with Gasteiger partial charge in [0.15, 0.2) is 5.78 Å². The molecule has 0 fully saturated rings. The first-order valence-corrected chi connectivity index (χ1v) is 4.36. The fraction of sp³-hybridized carbons (Fsp3) is 0.889. The van der Waals surface area contributed by atoms with E-state index < -0.39 is 0 Å². The molecule has 0 aliphatic rings. The van der Waals surface area contributed by atoms with Crippen LogP contribution in [0.5, 0.6) is 0 Å². The molecule has 11 heavy (non-hydrogen) atoms. The third-order valence-electron chi connectivity index (χ3n) is 1.52. The Morgan fingerprint density at radius 2 is 2.00 bits per heavy atom. The van der Waals surface area contributed by atoms with E-state index in [2.05, 4.69) is 0 Å². The first kappa shape index (κ1) is 10.6. The lowest BCUT2D eigenvalue weighted by Crippen LogP contribution is -2.20. The quantitative estimate of drug-likeness (QED) is 0.592. The van der Waals surface area contributed by atoms with E-state index in [0.29, 0.717) is 13.0 Å². The van der Waals surface area contributed by atoms with Crippen LogP contribution in [0.4, 0.5) is 0 Å². The highest BCUT2D eigenvalue weighted by atomic mass is 16.5. The monoisotopic (exact) mass is 158 g/mol. The summed E-state index contributed by atoms with van der Waals surface area (Å²) in [5, 5.41) is 0. The molecule has 0 spiro atoms. The molecule has 0 amide bonds. The van der Waals surface area contributed by atoms with Gasteiger partial charge < -0.3 is 4.74 Å². The van der Waals surface area contributed by atoms with Crippen molar-refractivity contribution in [3.8, 4) is 0 Å². The number of Topliss-reactive ketones (excluding diaryl/α,β-unsaturated/α-hetero) is 1. The topological polar surface area (TPSA) is 26.3 Å². The molecule has 1 atom stereocenters. The second kappa shape index (κ2) is 6.35. The number of ketones is 1. The van der Waals surface area contributed by atoms with Gasteiger partial charge in [-0.3, -0.25) is 4.79 Å². The van der Waals surface area contributed by atoms with Crippen molar-refractivity contribution >= 4 is 5.78 Å². The van der Waals surface area contributed by atoms with Crippen LogP contribution in [0.1, 0.15) is 40.0 Å². The van der Waals surface area contributed by atoms with E-state index in [0.717, 1.165) is 12.8 Å². The van der Waals surface area contributed by atoms with Gasteiger partial charge in [0, 0.05) is 13.0 Å². The largest absolute Gasteiger partial charge is 0.371 e. The minimum absolute atomic E-state index is 0.199. The van der Waals surface area contributed by atoms with Crippen molar-refractivity contribution in [2.75, 3.05) is 6.61 Å². The summed E-state index contributed by atoms with van der Waals surface area (Å²) in [4.78, 5) is 11.1. The molecule has 0 aromatic carbocycles. The Morgan fingerprint density at radius 1 is 1.36 bits per heavy atom. The Bertz CT molecular complexity index is 110. The third-order valence-corrected chi connectivity index (χ3v) is 1.52. The van der Waals surface area contributed by atoms with Crippen molar-refractivity contribution in [3.05, 3.63) is 0 Å². The van der Waals surface area contributed by atoms with Crippen molar-refractivity contribution < 1.29 is 9.53 Å². The highest BCUT2D eigenvalue weighted by Crippen LogP contribution is 1.99. The summed E-state index contributed by atoms with van der Waals surface area (Å²) >= 11 is 0. The number of ether oxygens (including phenoxy) is 1. The number of rotatable bonds is 6. The van der Waals surface area contributed by atoms with E-state index in [9.17, 15) is 4.79 Å². The summed E-state index contributed by atoms with van der Waals surface area (Å²) in [6, 6.07) is 0. The number of carbonyl (C=O) groups is 1. The van der Waals surface area contributed by atoms with E-state index in [4.69, 9.17) is 4.74 Å². The molecule has 0 aromatic heterocycles. The molecular weight excluding hydrogens is 140 g/mol. The lowest BCUT2D eigenvalue weighted by molar-refractivity contribution is -0.129. The van der Waals surface area contributed by atoms with Crippen LogP contribution in [0.25, 0.3) is 0 Å². The molecule has 0 saturated carbocycles. The summed E-state index contributed by atoms with van der Waals surface area (Å²) in [5.74, 6) is 0.223. The minimum Gasteiger partial charge on any atom is -0.371 e. The fourth-order valence-corrected chi connectivity index (χ4v) is 0.837. The predicted molar refractivity (Wildman–Crippen MR) is 45.6 cm³/mol. The van der Waals surface area contributed by atoms with E-state index in [1.165, 1.54) is 0 Å². The lowest BCUT2D eigenvalue weighted by Gasteiger charge is -2.09. The first-order valence-electron chi connectivity index (χ1n) is 4.36. The third kappa shape index (κ3) is 4.96. The van der Waals surface area contributed by atoms with Gasteiger partial charge >= 0.3 is 0 Å². The van der Waals surface area contributed by atoms with Gasteiger partial charge in [-0.05, 0) is 19.8 Å². The number of hydrogen-bond donors (Lipinski definition) is 0. The van der Waals surface area contributed by atoms with E-state index in [1.54, 1.807) is 0 Å². The maximum atomic E-state index is 11.1. The lowest BCUT2D eigenvalue weighted by atomic mass is 10.1. The zero-order chi connectivity index (χ0) is 8.69. The van der Waals surface area contributed by atoms with E-state index in [1.807, 2.05) is 20.8 Å². The number of carbonyl (C=O) groups excluding carboxylic acids is 1. The molecule has 2 nitrogen and oxygen atoms in total. The zero-order valence-corrected chi connectivity index (χ0v) is 7.72. The van der Waals surface area contributed by atoms with Gasteiger partial charge in [0.1, 0.15) is 6.10 Å². The van der Waals surface area contributed by atoms with Gasteiger partial charge in [-0.1, -0.05) is 13.8 Å². The van der Waals surface area contributed by atoms with Crippen LogP contribution in [0.2, 0.25) is 0 Å². The van der Waals surface area contributed by atoms with E-state index in [-0.39, 0.29) is 11.9 Å². The molecular formula is C9H18O2. The maximum Gasteiger partial charge on any atom is 0.161 e. The smallest absolute Gasteiger partial charge is 0.161 e. The average molecular weight is 158 g/mol. The van der Waals surface area contributed by atoms with E-state index >= 15 is 0 Å². The Balaban J connectivity index is 3.46. The molecule has 0 bridgehead atoms. The molecule has 0 N–H and O–H groups in total. The maximum absolute atomic E-state index is 11.1. The summed E-state index contributed by atoms with van der Waals surface area (Å²) in [6.07, 6.45) is 2.34. The van der Waals surface area contributed by atoms with Gasteiger partial charge in [0.25, 0.3) is 0 Å². The average Bonchev–Trinajstić information content (AvgIpc) is 2.00. The van der Waals surface area contributed by atoms with Crippen LogP contribution in [0.3, 0.4) is 0 Å². The molecule has 0 heterocycles. The second-order valence-corrected chi connectivity index (χ2v) is 2.73. The van der Waals surface area contributed by atoms with Crippen LogP contribution in [0, 0.1) is 0 Å². The molecule has 2 heteroatoms. The van der Waals surface area contributed by atoms with Crippen LogP contribution in [0.15, 0.2) is 0 Å². The van der Waals surface area contributed by atoms with Gasteiger partial charge in [-0.15, -0.1) is 0 Å². The molecule has 0 aliphatic carbocycles. The minimum atomic E-state index is -0.199. The van der Waals surface area contributed by atoms with Crippen LogP contribution < -0.4 is 0 Å². The Hall–Kier alpha value is -0.370. The Morgan fingerprint density at radius 3 is 2.45 bits per heavy atom. The molecule has 1 unspecified atom stereocenters. The normalized spacial score (nSPS) is 13.0. The standard InChI is InChI=1S/C9H18O2/c1-4-6-9(10)8(3)11-7-5-2/h8H,4-7H2,1-3H3. The molecule has 0 radical (unpaired) electrons.